The van der Waals surface area contributed by atoms with E-state index in [1.165, 1.54) is 10.9 Å². The maximum Gasteiger partial charge on any atom is 0.261 e. The predicted octanol–water partition coefficient (Wildman–Crippen LogP) is 2.86. The second-order valence-corrected chi connectivity index (χ2v) is 6.63. The number of aromatic nitrogens is 3. The van der Waals surface area contributed by atoms with Gasteiger partial charge in [-0.1, -0.05) is 11.6 Å². The summed E-state index contributed by atoms with van der Waals surface area (Å²) >= 11 is 5.61. The fraction of sp³-hybridized carbons (Fsp3) is 0. The Balaban J connectivity index is 1.84. The van der Waals surface area contributed by atoms with Crippen LogP contribution >= 0.6 is 11.6 Å². The number of hydrogen-bond donors (Lipinski definition) is 1. The van der Waals surface area contributed by atoms with Crippen LogP contribution in [0.25, 0.3) is 5.82 Å². The van der Waals surface area contributed by atoms with Crippen LogP contribution in [0.5, 0.6) is 0 Å². The summed E-state index contributed by atoms with van der Waals surface area (Å²) in [6, 6.07) is 8.08. The zero-order valence-corrected chi connectivity index (χ0v) is 13.1. The summed E-state index contributed by atoms with van der Waals surface area (Å²) in [5, 5.41) is 3.76. The van der Waals surface area contributed by atoms with E-state index in [0.29, 0.717) is 5.82 Å². The topological polar surface area (TPSA) is 76.9 Å². The van der Waals surface area contributed by atoms with E-state index in [2.05, 4.69) is 14.8 Å². The van der Waals surface area contributed by atoms with E-state index < -0.39 is 15.8 Å². The Morgan fingerprint density at radius 3 is 2.65 bits per heavy atom. The normalized spacial score (nSPS) is 11.4. The van der Waals surface area contributed by atoms with Crippen LogP contribution in [0.15, 0.2) is 59.9 Å². The van der Waals surface area contributed by atoms with Crippen LogP contribution in [-0.4, -0.2) is 23.2 Å². The minimum atomic E-state index is -3.88. The van der Waals surface area contributed by atoms with Gasteiger partial charge in [-0.25, -0.2) is 22.5 Å². The van der Waals surface area contributed by atoms with Gasteiger partial charge >= 0.3 is 0 Å². The lowest BCUT2D eigenvalue weighted by molar-refractivity contribution is 0.599. The summed E-state index contributed by atoms with van der Waals surface area (Å²) < 4.78 is 41.5. The zero-order valence-electron chi connectivity index (χ0n) is 11.5. The molecule has 0 aliphatic rings. The average Bonchev–Trinajstić information content (AvgIpc) is 3.04. The highest BCUT2D eigenvalue weighted by molar-refractivity contribution is 7.92. The van der Waals surface area contributed by atoms with E-state index in [-0.39, 0.29) is 15.6 Å². The van der Waals surface area contributed by atoms with Crippen LogP contribution in [0.1, 0.15) is 0 Å². The Hall–Kier alpha value is -2.45. The fourth-order valence-electron chi connectivity index (χ4n) is 1.84. The van der Waals surface area contributed by atoms with Crippen LogP contribution in [0.4, 0.5) is 10.1 Å². The van der Waals surface area contributed by atoms with Gasteiger partial charge in [0.25, 0.3) is 10.0 Å². The van der Waals surface area contributed by atoms with Crippen LogP contribution in [0.3, 0.4) is 0 Å². The number of halogens is 2. The standard InChI is InChI=1S/C14H10ClFN4O2S/c15-12-8-11(3-4-13(12)16)23(21,22)19-10-2-5-14(17-9-10)20-7-1-6-18-20/h1-9,19H. The molecule has 0 bridgehead atoms. The number of nitrogens with zero attached hydrogens (tertiary/aromatic N) is 3. The number of hydrogen-bond acceptors (Lipinski definition) is 4. The van der Waals surface area contributed by atoms with Crippen molar-refractivity contribution in [2.75, 3.05) is 4.72 Å². The summed E-state index contributed by atoms with van der Waals surface area (Å²) in [5.41, 5.74) is 0.265. The van der Waals surface area contributed by atoms with E-state index in [0.717, 1.165) is 18.2 Å². The Labute approximate surface area is 136 Å². The first-order valence-corrected chi connectivity index (χ1v) is 8.26. The molecule has 2 aromatic heterocycles. The minimum Gasteiger partial charge on any atom is -0.278 e. The van der Waals surface area contributed by atoms with Crippen LogP contribution < -0.4 is 4.72 Å². The highest BCUT2D eigenvalue weighted by atomic mass is 35.5. The first kappa shape index (κ1) is 15.4. The summed E-state index contributed by atoms with van der Waals surface area (Å²) in [6.45, 7) is 0. The summed E-state index contributed by atoms with van der Waals surface area (Å²) in [5.74, 6) is -0.140. The monoisotopic (exact) mass is 352 g/mol. The first-order valence-electron chi connectivity index (χ1n) is 6.40. The second-order valence-electron chi connectivity index (χ2n) is 4.54. The van der Waals surface area contributed by atoms with Gasteiger partial charge in [0.15, 0.2) is 5.82 Å². The number of pyridine rings is 1. The van der Waals surface area contributed by atoms with E-state index in [9.17, 15) is 12.8 Å². The third-order valence-corrected chi connectivity index (χ3v) is 4.61. The van der Waals surface area contributed by atoms with E-state index in [4.69, 9.17) is 11.6 Å². The van der Waals surface area contributed by atoms with Crippen molar-refractivity contribution in [3.05, 3.63) is 65.8 Å². The van der Waals surface area contributed by atoms with Gasteiger partial charge in [-0.05, 0) is 36.4 Å². The second kappa shape index (κ2) is 5.98. The van der Waals surface area contributed by atoms with Crippen LogP contribution in [0.2, 0.25) is 5.02 Å². The third-order valence-electron chi connectivity index (χ3n) is 2.94. The molecule has 118 valence electrons. The van der Waals surface area contributed by atoms with Gasteiger partial charge in [0.2, 0.25) is 0 Å². The molecular formula is C14H10ClFN4O2S. The number of benzene rings is 1. The largest absolute Gasteiger partial charge is 0.278 e. The number of rotatable bonds is 4. The van der Waals surface area contributed by atoms with Crippen molar-refractivity contribution in [2.45, 2.75) is 4.90 Å². The molecule has 6 nitrogen and oxygen atoms in total. The SMILES string of the molecule is O=S(=O)(Nc1ccc(-n2cccn2)nc1)c1ccc(F)c(Cl)c1. The van der Waals surface area contributed by atoms with Crippen molar-refractivity contribution < 1.29 is 12.8 Å². The average molecular weight is 353 g/mol. The minimum absolute atomic E-state index is 0.139. The molecule has 3 aromatic rings. The van der Waals surface area contributed by atoms with Gasteiger partial charge in [0.1, 0.15) is 5.82 Å². The molecule has 0 aliphatic heterocycles. The molecule has 0 saturated heterocycles. The van der Waals surface area contributed by atoms with Gasteiger partial charge in [0.05, 0.1) is 21.8 Å². The van der Waals surface area contributed by atoms with Gasteiger partial charge in [-0.15, -0.1) is 0 Å². The van der Waals surface area contributed by atoms with Crippen LogP contribution in [-0.2, 0) is 10.0 Å². The van der Waals surface area contributed by atoms with Crippen molar-refractivity contribution in [2.24, 2.45) is 0 Å². The van der Waals surface area contributed by atoms with E-state index in [1.54, 1.807) is 30.6 Å². The molecule has 1 N–H and O–H groups in total. The number of anilines is 1. The molecule has 0 amide bonds. The van der Waals surface area contributed by atoms with Crippen molar-refractivity contribution in [3.63, 3.8) is 0 Å². The number of sulfonamides is 1. The molecule has 0 saturated carbocycles. The Bertz CT molecular complexity index is 928. The molecule has 0 unspecified atom stereocenters. The molecule has 0 radical (unpaired) electrons. The van der Waals surface area contributed by atoms with Gasteiger partial charge in [0, 0.05) is 12.4 Å². The summed E-state index contributed by atoms with van der Waals surface area (Å²) in [4.78, 5) is 3.98. The molecule has 0 atom stereocenters. The van der Waals surface area contributed by atoms with Crippen LogP contribution in [0, 0.1) is 5.82 Å². The Kier molecular flexibility index (Phi) is 4.01. The number of nitrogens with one attached hydrogen (secondary N) is 1. The van der Waals surface area contributed by atoms with E-state index >= 15 is 0 Å². The van der Waals surface area contributed by atoms with E-state index in [1.807, 2.05) is 0 Å². The quantitative estimate of drug-likeness (QED) is 0.783. The van der Waals surface area contributed by atoms with Gasteiger partial charge < -0.3 is 0 Å². The molecular weight excluding hydrogens is 343 g/mol. The molecule has 0 aliphatic carbocycles. The molecule has 1 aromatic carbocycles. The van der Waals surface area contributed by atoms with Gasteiger partial charge in [-0.3, -0.25) is 4.72 Å². The molecule has 0 spiro atoms. The Morgan fingerprint density at radius 2 is 2.04 bits per heavy atom. The van der Waals surface area contributed by atoms with Crippen molar-refractivity contribution in [3.8, 4) is 5.82 Å². The first-order chi connectivity index (χ1) is 11.0. The predicted molar refractivity (Wildman–Crippen MR) is 83.6 cm³/mol. The van der Waals surface area contributed by atoms with Gasteiger partial charge in [-0.2, -0.15) is 5.10 Å². The Morgan fingerprint density at radius 1 is 1.22 bits per heavy atom. The molecule has 0 fully saturated rings. The summed E-state index contributed by atoms with van der Waals surface area (Å²) in [7, 11) is -3.88. The fourth-order valence-corrected chi connectivity index (χ4v) is 3.16. The lowest BCUT2D eigenvalue weighted by Gasteiger charge is -2.09. The molecule has 23 heavy (non-hydrogen) atoms. The lowest BCUT2D eigenvalue weighted by Crippen LogP contribution is -2.13. The lowest BCUT2D eigenvalue weighted by atomic mass is 10.3. The maximum atomic E-state index is 13.1. The smallest absolute Gasteiger partial charge is 0.261 e. The van der Waals surface area contributed by atoms with Crippen molar-refractivity contribution in [1.82, 2.24) is 14.8 Å². The molecule has 9 heteroatoms. The third kappa shape index (κ3) is 3.33. The highest BCUT2D eigenvalue weighted by Crippen LogP contribution is 2.21. The maximum absolute atomic E-state index is 13.1. The molecule has 3 rings (SSSR count). The highest BCUT2D eigenvalue weighted by Gasteiger charge is 2.16. The van der Waals surface area contributed by atoms with Crippen molar-refractivity contribution in [1.29, 1.82) is 0 Å². The summed E-state index contributed by atoms with van der Waals surface area (Å²) in [6.07, 6.45) is 4.68. The zero-order chi connectivity index (χ0) is 16.4. The molecule has 2 heterocycles. The van der Waals surface area contributed by atoms with Crippen molar-refractivity contribution >= 4 is 27.3 Å².